The summed E-state index contributed by atoms with van der Waals surface area (Å²) in [5.74, 6) is -2.78. The van der Waals surface area contributed by atoms with E-state index in [4.69, 9.17) is 4.74 Å². The number of nitrogens with one attached hydrogen (secondary N) is 1. The molecule has 0 aromatic heterocycles. The first-order valence-corrected chi connectivity index (χ1v) is 11.6. The second-order valence-corrected chi connectivity index (χ2v) is 9.33. The van der Waals surface area contributed by atoms with Crippen LogP contribution < -0.4 is 5.32 Å². The van der Waals surface area contributed by atoms with Gasteiger partial charge in [-0.25, -0.2) is 13.2 Å². The van der Waals surface area contributed by atoms with Crippen LogP contribution in [-0.2, 0) is 19.6 Å². The zero-order valence-corrected chi connectivity index (χ0v) is 18.3. The Bertz CT molecular complexity index is 1160. The van der Waals surface area contributed by atoms with E-state index in [9.17, 15) is 32.5 Å². The van der Waals surface area contributed by atoms with Crippen molar-refractivity contribution >= 4 is 33.3 Å². The summed E-state index contributed by atoms with van der Waals surface area (Å²) < 4.78 is 45.6. The van der Waals surface area contributed by atoms with E-state index in [0.717, 1.165) is 43.9 Å². The van der Waals surface area contributed by atoms with Gasteiger partial charge in [-0.1, -0.05) is 18.9 Å². The summed E-state index contributed by atoms with van der Waals surface area (Å²) >= 11 is 0. The van der Waals surface area contributed by atoms with Gasteiger partial charge in [-0.05, 0) is 43.2 Å². The number of nitrogens with zero attached hydrogens (tertiary/aromatic N) is 2. The summed E-state index contributed by atoms with van der Waals surface area (Å²) in [5, 5.41) is 13.1. The number of rotatable bonds is 7. The van der Waals surface area contributed by atoms with Gasteiger partial charge >= 0.3 is 11.7 Å². The molecule has 176 valence electrons. The number of nitro groups is 1. The fraction of sp³-hybridized carbons (Fsp3) is 0.333. The number of hydrogen-bond donors (Lipinski definition) is 1. The molecule has 0 spiro atoms. The Morgan fingerprint density at radius 3 is 2.45 bits per heavy atom. The molecular formula is C21H22FN3O7S. The minimum Gasteiger partial charge on any atom is -0.452 e. The van der Waals surface area contributed by atoms with Gasteiger partial charge in [0.25, 0.3) is 5.91 Å². The average molecular weight is 479 g/mol. The molecule has 1 heterocycles. The lowest BCUT2D eigenvalue weighted by atomic mass is 10.2. The van der Waals surface area contributed by atoms with Crippen molar-refractivity contribution in [1.82, 2.24) is 4.31 Å². The molecule has 2 aromatic rings. The molecule has 2 aromatic carbocycles. The normalized spacial score (nSPS) is 14.8. The molecule has 1 aliphatic rings. The smallest absolute Gasteiger partial charge is 0.338 e. The summed E-state index contributed by atoms with van der Waals surface area (Å²) in [6, 6.07) is 8.17. The third-order valence-electron chi connectivity index (χ3n) is 5.03. The van der Waals surface area contributed by atoms with Gasteiger partial charge in [0.15, 0.2) is 6.61 Å². The van der Waals surface area contributed by atoms with Crippen LogP contribution in [0.4, 0.5) is 15.8 Å². The minimum atomic E-state index is -3.77. The lowest BCUT2D eigenvalue weighted by Gasteiger charge is -2.20. The van der Waals surface area contributed by atoms with Gasteiger partial charge in [0, 0.05) is 24.8 Å². The molecule has 33 heavy (non-hydrogen) atoms. The van der Waals surface area contributed by atoms with Crippen LogP contribution in [0.2, 0.25) is 0 Å². The van der Waals surface area contributed by atoms with Crippen molar-refractivity contribution in [2.24, 2.45) is 0 Å². The van der Waals surface area contributed by atoms with Crippen molar-refractivity contribution < 1.29 is 32.1 Å². The topological polar surface area (TPSA) is 136 Å². The number of nitro benzene ring substituents is 1. The number of benzene rings is 2. The maximum Gasteiger partial charge on any atom is 0.338 e. The zero-order valence-electron chi connectivity index (χ0n) is 17.5. The highest BCUT2D eigenvalue weighted by Gasteiger charge is 2.26. The van der Waals surface area contributed by atoms with Gasteiger partial charge < -0.3 is 10.1 Å². The molecule has 3 rings (SSSR count). The summed E-state index contributed by atoms with van der Waals surface area (Å²) in [6.07, 6.45) is 3.47. The summed E-state index contributed by atoms with van der Waals surface area (Å²) in [4.78, 5) is 34.2. The van der Waals surface area contributed by atoms with E-state index >= 15 is 0 Å². The van der Waals surface area contributed by atoms with Gasteiger partial charge in [-0.2, -0.15) is 8.70 Å². The summed E-state index contributed by atoms with van der Waals surface area (Å²) in [7, 11) is -3.77. The highest BCUT2D eigenvalue weighted by Crippen LogP contribution is 2.23. The molecule has 0 saturated carbocycles. The number of hydrogen-bond acceptors (Lipinski definition) is 7. The number of amides is 1. The van der Waals surface area contributed by atoms with E-state index in [0.29, 0.717) is 13.1 Å². The standard InChI is InChI=1S/C21H22FN3O7S/c22-18-9-8-16(13-19(18)25(28)29)23-20(26)14-32-21(27)15-6-5-7-17(12-15)33(30,31)24-10-3-1-2-4-11-24/h5-9,12-13H,1-4,10-11,14H2,(H,23,26). The maximum absolute atomic E-state index is 13.4. The Morgan fingerprint density at radius 1 is 1.09 bits per heavy atom. The van der Waals surface area contributed by atoms with E-state index in [1.54, 1.807) is 0 Å². The SMILES string of the molecule is O=C(COC(=O)c1cccc(S(=O)(=O)N2CCCCCC2)c1)Nc1ccc(F)c([N+](=O)[O-])c1. The zero-order chi connectivity index (χ0) is 24.0. The number of sulfonamides is 1. The van der Waals surface area contributed by atoms with Gasteiger partial charge in [0.1, 0.15) is 0 Å². The number of halogens is 1. The molecule has 1 N–H and O–H groups in total. The molecule has 0 aliphatic carbocycles. The number of esters is 1. The largest absolute Gasteiger partial charge is 0.452 e. The van der Waals surface area contributed by atoms with Gasteiger partial charge in [0.2, 0.25) is 15.8 Å². The third kappa shape index (κ3) is 6.11. The molecule has 1 aliphatic heterocycles. The van der Waals surface area contributed by atoms with Crippen LogP contribution >= 0.6 is 0 Å². The van der Waals surface area contributed by atoms with Crippen molar-refractivity contribution in [2.45, 2.75) is 30.6 Å². The summed E-state index contributed by atoms with van der Waals surface area (Å²) in [5.41, 5.74) is -0.905. The predicted octanol–water partition coefficient (Wildman–Crippen LogP) is 3.09. The third-order valence-corrected chi connectivity index (χ3v) is 6.93. The fourth-order valence-corrected chi connectivity index (χ4v) is 4.92. The molecule has 0 radical (unpaired) electrons. The second-order valence-electron chi connectivity index (χ2n) is 7.39. The molecule has 0 atom stereocenters. The maximum atomic E-state index is 13.4. The molecule has 1 amide bonds. The monoisotopic (exact) mass is 479 g/mol. The Morgan fingerprint density at radius 2 is 1.79 bits per heavy atom. The van der Waals surface area contributed by atoms with Crippen LogP contribution in [0.25, 0.3) is 0 Å². The van der Waals surface area contributed by atoms with Crippen LogP contribution in [0.15, 0.2) is 47.4 Å². The second kappa shape index (κ2) is 10.5. The molecule has 1 saturated heterocycles. The fourth-order valence-electron chi connectivity index (χ4n) is 3.36. The van der Waals surface area contributed by atoms with Gasteiger partial charge in [0.05, 0.1) is 15.4 Å². The van der Waals surface area contributed by atoms with E-state index < -0.39 is 44.9 Å². The Labute approximate surface area is 189 Å². The van der Waals surface area contributed by atoms with Crippen LogP contribution in [0.3, 0.4) is 0 Å². The Hall–Kier alpha value is -3.38. The van der Waals surface area contributed by atoms with Crippen molar-refractivity contribution in [2.75, 3.05) is 25.0 Å². The van der Waals surface area contributed by atoms with Gasteiger partial charge in [-0.15, -0.1) is 0 Å². The molecular weight excluding hydrogens is 457 g/mol. The van der Waals surface area contributed by atoms with Crippen LogP contribution in [0.5, 0.6) is 0 Å². The number of anilines is 1. The number of ether oxygens (including phenoxy) is 1. The lowest BCUT2D eigenvalue weighted by molar-refractivity contribution is -0.387. The van der Waals surface area contributed by atoms with E-state index in [1.165, 1.54) is 28.6 Å². The van der Waals surface area contributed by atoms with Crippen molar-refractivity contribution in [3.63, 3.8) is 0 Å². The number of carbonyl (C=O) groups excluding carboxylic acids is 2. The lowest BCUT2D eigenvalue weighted by Crippen LogP contribution is -2.32. The van der Waals surface area contributed by atoms with Crippen molar-refractivity contribution in [1.29, 1.82) is 0 Å². The first-order chi connectivity index (χ1) is 15.7. The minimum absolute atomic E-state index is 0.0399. The average Bonchev–Trinajstić information content (AvgIpc) is 3.09. The quantitative estimate of drug-likeness (QED) is 0.366. The number of carbonyl (C=O) groups is 2. The van der Waals surface area contributed by atoms with Crippen LogP contribution in [-0.4, -0.2) is 49.2 Å². The molecule has 10 nitrogen and oxygen atoms in total. The molecule has 12 heteroatoms. The summed E-state index contributed by atoms with van der Waals surface area (Å²) in [6.45, 7) is 0.102. The van der Waals surface area contributed by atoms with Crippen molar-refractivity contribution in [3.05, 3.63) is 64.0 Å². The van der Waals surface area contributed by atoms with Gasteiger partial charge in [-0.3, -0.25) is 14.9 Å². The van der Waals surface area contributed by atoms with Crippen LogP contribution in [0, 0.1) is 15.9 Å². The van der Waals surface area contributed by atoms with Crippen molar-refractivity contribution in [3.8, 4) is 0 Å². The molecule has 1 fully saturated rings. The molecule has 0 bridgehead atoms. The highest BCUT2D eigenvalue weighted by atomic mass is 32.2. The van der Waals surface area contributed by atoms with E-state index in [-0.39, 0.29) is 16.1 Å². The first kappa shape index (κ1) is 24.3. The highest BCUT2D eigenvalue weighted by molar-refractivity contribution is 7.89. The Kier molecular flexibility index (Phi) is 7.71. The van der Waals surface area contributed by atoms with E-state index in [1.807, 2.05) is 0 Å². The molecule has 0 unspecified atom stereocenters. The van der Waals surface area contributed by atoms with E-state index in [2.05, 4.69) is 5.32 Å². The first-order valence-electron chi connectivity index (χ1n) is 10.2. The predicted molar refractivity (Wildman–Crippen MR) is 116 cm³/mol. The van der Waals surface area contributed by atoms with Crippen LogP contribution in [0.1, 0.15) is 36.0 Å². The Balaban J connectivity index is 1.63.